The Bertz CT molecular complexity index is 167. The van der Waals surface area contributed by atoms with Gasteiger partial charge in [-0.05, 0) is 32.6 Å². The molecule has 0 aliphatic carbocycles. The van der Waals surface area contributed by atoms with Crippen molar-refractivity contribution in [3.8, 4) is 0 Å². The van der Waals surface area contributed by atoms with Crippen LogP contribution in [0.3, 0.4) is 0 Å². The van der Waals surface area contributed by atoms with Gasteiger partial charge in [0.1, 0.15) is 0 Å². The zero-order valence-electron chi connectivity index (χ0n) is 12.6. The molecular weight excluding hydrogens is 204 g/mol. The highest BCUT2D eigenvalue weighted by Crippen LogP contribution is 2.13. The summed E-state index contributed by atoms with van der Waals surface area (Å²) in [5.74, 6) is 0. The van der Waals surface area contributed by atoms with Gasteiger partial charge in [0.2, 0.25) is 0 Å². The molecule has 0 N–H and O–H groups in total. The molecule has 0 rings (SSSR count). The topological polar surface area (TPSA) is 0 Å². The number of unbranched alkanes of at least 4 members (excludes halogenated alkanes) is 9. The van der Waals surface area contributed by atoms with Crippen LogP contribution in [-0.4, -0.2) is 0 Å². The van der Waals surface area contributed by atoms with Crippen molar-refractivity contribution in [2.24, 2.45) is 0 Å². The van der Waals surface area contributed by atoms with Crippen LogP contribution in [0.1, 0.15) is 97.8 Å². The molecule has 0 heterocycles. The molecule has 0 heteroatoms. The SMILES string of the molecule is CCCCCC/C=C(\C)CCCCCCCC. The van der Waals surface area contributed by atoms with Gasteiger partial charge in [-0.1, -0.05) is 76.9 Å². The first-order valence-electron chi connectivity index (χ1n) is 7.96. The van der Waals surface area contributed by atoms with E-state index in [1.807, 2.05) is 0 Å². The van der Waals surface area contributed by atoms with Crippen LogP contribution >= 0.6 is 0 Å². The van der Waals surface area contributed by atoms with Crippen molar-refractivity contribution in [2.45, 2.75) is 97.8 Å². The van der Waals surface area contributed by atoms with Crippen LogP contribution in [0, 0.1) is 0 Å². The van der Waals surface area contributed by atoms with Gasteiger partial charge in [0.15, 0.2) is 0 Å². The predicted molar refractivity (Wildman–Crippen MR) is 80.5 cm³/mol. The fraction of sp³-hybridized carbons (Fsp3) is 0.882. The second kappa shape index (κ2) is 13.8. The maximum Gasteiger partial charge on any atom is -0.0323 e. The minimum Gasteiger partial charge on any atom is -0.0856 e. The molecule has 0 aliphatic rings. The Morgan fingerprint density at radius 1 is 0.706 bits per heavy atom. The zero-order valence-corrected chi connectivity index (χ0v) is 12.6. The molecule has 102 valence electrons. The lowest BCUT2D eigenvalue weighted by molar-refractivity contribution is 0.605. The molecule has 0 unspecified atom stereocenters. The first-order chi connectivity index (χ1) is 8.31. The van der Waals surface area contributed by atoms with E-state index in [0.29, 0.717) is 0 Å². The highest BCUT2D eigenvalue weighted by atomic mass is 14.0. The quantitative estimate of drug-likeness (QED) is 0.263. The highest BCUT2D eigenvalue weighted by Gasteiger charge is 1.93. The number of hydrogen-bond acceptors (Lipinski definition) is 0. The maximum absolute atomic E-state index is 2.47. The number of rotatable bonds is 12. The summed E-state index contributed by atoms with van der Waals surface area (Å²) in [5, 5.41) is 0. The molecule has 0 saturated carbocycles. The second-order valence-corrected chi connectivity index (χ2v) is 5.42. The van der Waals surface area contributed by atoms with Crippen LogP contribution in [0.2, 0.25) is 0 Å². The lowest BCUT2D eigenvalue weighted by atomic mass is 10.0. The largest absolute Gasteiger partial charge is 0.0856 e. The van der Waals surface area contributed by atoms with Crippen molar-refractivity contribution in [1.29, 1.82) is 0 Å². The third-order valence-electron chi connectivity index (χ3n) is 3.48. The van der Waals surface area contributed by atoms with Crippen molar-refractivity contribution in [2.75, 3.05) is 0 Å². The van der Waals surface area contributed by atoms with Crippen molar-refractivity contribution >= 4 is 0 Å². The van der Waals surface area contributed by atoms with E-state index in [1.54, 1.807) is 5.57 Å². The second-order valence-electron chi connectivity index (χ2n) is 5.42. The minimum atomic E-state index is 1.31. The van der Waals surface area contributed by atoms with Gasteiger partial charge >= 0.3 is 0 Å². The van der Waals surface area contributed by atoms with Crippen molar-refractivity contribution < 1.29 is 0 Å². The zero-order chi connectivity index (χ0) is 12.8. The van der Waals surface area contributed by atoms with E-state index in [-0.39, 0.29) is 0 Å². The third-order valence-corrected chi connectivity index (χ3v) is 3.48. The van der Waals surface area contributed by atoms with E-state index in [0.717, 1.165) is 0 Å². The molecule has 0 radical (unpaired) electrons. The third kappa shape index (κ3) is 13.7. The van der Waals surface area contributed by atoms with Gasteiger partial charge in [-0.3, -0.25) is 0 Å². The molecule has 0 aliphatic heterocycles. The Labute approximate surface area is 110 Å². The molecule has 0 bridgehead atoms. The average Bonchev–Trinajstić information content (AvgIpc) is 2.33. The first-order valence-corrected chi connectivity index (χ1v) is 7.96. The summed E-state index contributed by atoms with van der Waals surface area (Å²) in [7, 11) is 0. The molecule has 0 fully saturated rings. The summed E-state index contributed by atoms with van der Waals surface area (Å²) in [6.45, 7) is 6.87. The van der Waals surface area contributed by atoms with Gasteiger partial charge in [-0.15, -0.1) is 0 Å². The molecule has 0 spiro atoms. The van der Waals surface area contributed by atoms with Crippen LogP contribution < -0.4 is 0 Å². The molecule has 0 nitrogen and oxygen atoms in total. The molecular formula is C17H34. The number of allylic oxidation sites excluding steroid dienone is 2. The van der Waals surface area contributed by atoms with Crippen LogP contribution in [-0.2, 0) is 0 Å². The summed E-state index contributed by atoms with van der Waals surface area (Å²) in [6.07, 6.45) is 19.2. The van der Waals surface area contributed by atoms with Crippen molar-refractivity contribution in [3.05, 3.63) is 11.6 Å². The number of hydrogen-bond donors (Lipinski definition) is 0. The Hall–Kier alpha value is -0.260. The van der Waals surface area contributed by atoms with Crippen LogP contribution in [0.4, 0.5) is 0 Å². The van der Waals surface area contributed by atoms with E-state index in [9.17, 15) is 0 Å². The summed E-state index contributed by atoms with van der Waals surface area (Å²) in [5.41, 5.74) is 1.62. The average molecular weight is 238 g/mol. The van der Waals surface area contributed by atoms with E-state index in [4.69, 9.17) is 0 Å². The monoisotopic (exact) mass is 238 g/mol. The predicted octanol–water partition coefficient (Wildman–Crippen LogP) is 6.65. The Morgan fingerprint density at radius 2 is 1.24 bits per heavy atom. The van der Waals surface area contributed by atoms with Gasteiger partial charge in [0, 0.05) is 0 Å². The first kappa shape index (κ1) is 16.7. The molecule has 0 amide bonds. The molecule has 17 heavy (non-hydrogen) atoms. The van der Waals surface area contributed by atoms with Crippen molar-refractivity contribution in [3.63, 3.8) is 0 Å². The summed E-state index contributed by atoms with van der Waals surface area (Å²) < 4.78 is 0. The van der Waals surface area contributed by atoms with Gasteiger partial charge in [0.05, 0.1) is 0 Å². The summed E-state index contributed by atoms with van der Waals surface area (Å²) >= 11 is 0. The molecule has 0 atom stereocenters. The summed E-state index contributed by atoms with van der Waals surface area (Å²) in [6, 6.07) is 0. The Morgan fingerprint density at radius 3 is 1.88 bits per heavy atom. The maximum atomic E-state index is 2.47. The summed E-state index contributed by atoms with van der Waals surface area (Å²) in [4.78, 5) is 0. The van der Waals surface area contributed by atoms with E-state index in [2.05, 4.69) is 26.8 Å². The van der Waals surface area contributed by atoms with Gasteiger partial charge in [0.25, 0.3) is 0 Å². The normalized spacial score (nSPS) is 12.1. The van der Waals surface area contributed by atoms with Crippen LogP contribution in [0.15, 0.2) is 11.6 Å². The standard InChI is InChI=1S/C17H34/c1-4-6-8-10-12-14-16-17(3)15-13-11-9-7-5-2/h15H,4-14,16H2,1-3H3/b17-15+. The Kier molecular flexibility index (Phi) is 13.6. The lowest BCUT2D eigenvalue weighted by Crippen LogP contribution is -1.82. The fourth-order valence-corrected chi connectivity index (χ4v) is 2.21. The molecule has 0 aromatic carbocycles. The minimum absolute atomic E-state index is 1.31. The highest BCUT2D eigenvalue weighted by molar-refractivity contribution is 4.97. The Balaban J connectivity index is 3.26. The molecule has 0 aromatic rings. The van der Waals surface area contributed by atoms with E-state index >= 15 is 0 Å². The molecule has 0 saturated heterocycles. The van der Waals surface area contributed by atoms with Crippen LogP contribution in [0.5, 0.6) is 0 Å². The van der Waals surface area contributed by atoms with Gasteiger partial charge < -0.3 is 0 Å². The molecule has 0 aromatic heterocycles. The van der Waals surface area contributed by atoms with Gasteiger partial charge in [-0.25, -0.2) is 0 Å². The fourth-order valence-electron chi connectivity index (χ4n) is 2.21. The van der Waals surface area contributed by atoms with Gasteiger partial charge in [-0.2, -0.15) is 0 Å². The lowest BCUT2D eigenvalue weighted by Gasteiger charge is -2.02. The van der Waals surface area contributed by atoms with Crippen molar-refractivity contribution in [1.82, 2.24) is 0 Å². The van der Waals surface area contributed by atoms with E-state index < -0.39 is 0 Å². The smallest absolute Gasteiger partial charge is 0.0323 e. The van der Waals surface area contributed by atoms with Crippen LogP contribution in [0.25, 0.3) is 0 Å². The van der Waals surface area contributed by atoms with E-state index in [1.165, 1.54) is 77.0 Å².